The lowest BCUT2D eigenvalue weighted by Gasteiger charge is -2.05. The molecule has 0 N–H and O–H groups in total. The van der Waals surface area contributed by atoms with Crippen molar-refractivity contribution in [2.45, 2.75) is 12.8 Å². The van der Waals surface area contributed by atoms with Gasteiger partial charge in [-0.2, -0.15) is 0 Å². The van der Waals surface area contributed by atoms with Gasteiger partial charge in [-0.1, -0.05) is 78.6 Å². The Hall–Kier alpha value is -3.50. The summed E-state index contributed by atoms with van der Waals surface area (Å²) in [6, 6.07) is 31.7. The fourth-order valence-corrected chi connectivity index (χ4v) is 3.35. The van der Waals surface area contributed by atoms with Crippen LogP contribution in [0.25, 0.3) is 10.8 Å². The second-order valence-electron chi connectivity index (χ2n) is 6.89. The Balaban J connectivity index is 1.53. The fraction of sp³-hybridized carbons (Fsp3) is 0.111. The van der Waals surface area contributed by atoms with Crippen LogP contribution >= 0.6 is 0 Å². The number of ether oxygens (including phenoxy) is 1. The molecule has 4 aromatic rings. The third kappa shape index (κ3) is 4.42. The summed E-state index contributed by atoms with van der Waals surface area (Å²) in [7, 11) is 1.69. The first kappa shape index (κ1) is 17.9. The second-order valence-corrected chi connectivity index (χ2v) is 6.89. The van der Waals surface area contributed by atoms with Crippen LogP contribution in [0.4, 0.5) is 0 Å². The third-order valence-electron chi connectivity index (χ3n) is 4.82. The molecule has 4 aromatic carbocycles. The van der Waals surface area contributed by atoms with Crippen molar-refractivity contribution >= 4 is 10.8 Å². The van der Waals surface area contributed by atoms with Crippen LogP contribution in [0.1, 0.15) is 22.3 Å². The molecule has 0 aliphatic heterocycles. The lowest BCUT2D eigenvalue weighted by Crippen LogP contribution is -1.88. The van der Waals surface area contributed by atoms with E-state index >= 15 is 0 Å². The van der Waals surface area contributed by atoms with Crippen LogP contribution in [0.2, 0.25) is 0 Å². The first-order valence-electron chi connectivity index (χ1n) is 9.48. The molecule has 0 atom stereocenters. The molecule has 0 aliphatic rings. The Bertz CT molecular complexity index is 1150. The van der Waals surface area contributed by atoms with Crippen molar-refractivity contribution in [2.24, 2.45) is 0 Å². The molecule has 1 nitrogen and oxygen atoms in total. The Morgan fingerprint density at radius 3 is 2.36 bits per heavy atom. The Morgan fingerprint density at radius 2 is 1.50 bits per heavy atom. The molecule has 0 bridgehead atoms. The molecular formula is C27H22O. The second kappa shape index (κ2) is 8.46. The first-order chi connectivity index (χ1) is 13.8. The summed E-state index contributed by atoms with van der Waals surface area (Å²) >= 11 is 0. The molecule has 0 fully saturated rings. The van der Waals surface area contributed by atoms with Gasteiger partial charge in [-0.15, -0.1) is 0 Å². The minimum Gasteiger partial charge on any atom is -0.497 e. The van der Waals surface area contributed by atoms with E-state index in [2.05, 4.69) is 84.6 Å². The number of rotatable bonds is 4. The predicted octanol–water partition coefficient (Wildman–Crippen LogP) is 6.03. The van der Waals surface area contributed by atoms with Crippen molar-refractivity contribution in [2.75, 3.05) is 7.11 Å². The summed E-state index contributed by atoms with van der Waals surface area (Å²) < 4.78 is 5.27. The van der Waals surface area contributed by atoms with Crippen LogP contribution in [-0.2, 0) is 12.8 Å². The monoisotopic (exact) mass is 362 g/mol. The Labute approximate surface area is 166 Å². The van der Waals surface area contributed by atoms with Gasteiger partial charge in [-0.3, -0.25) is 0 Å². The molecule has 0 unspecified atom stereocenters. The minimum atomic E-state index is 0.712. The van der Waals surface area contributed by atoms with Gasteiger partial charge < -0.3 is 4.74 Å². The maximum absolute atomic E-state index is 5.27. The van der Waals surface area contributed by atoms with E-state index in [1.165, 1.54) is 21.9 Å². The lowest BCUT2D eigenvalue weighted by atomic mass is 10.00. The van der Waals surface area contributed by atoms with Crippen LogP contribution in [0, 0.1) is 11.8 Å². The zero-order chi connectivity index (χ0) is 19.2. The number of methoxy groups -OCH3 is 1. The molecule has 4 rings (SSSR count). The number of hydrogen-bond donors (Lipinski definition) is 0. The average molecular weight is 362 g/mol. The van der Waals surface area contributed by atoms with E-state index in [-0.39, 0.29) is 0 Å². The molecular weight excluding hydrogens is 340 g/mol. The van der Waals surface area contributed by atoms with Gasteiger partial charge in [0.05, 0.1) is 7.11 Å². The maximum atomic E-state index is 5.27. The van der Waals surface area contributed by atoms with E-state index < -0.39 is 0 Å². The largest absolute Gasteiger partial charge is 0.497 e. The van der Waals surface area contributed by atoms with Gasteiger partial charge in [-0.05, 0) is 58.1 Å². The molecule has 0 aromatic heterocycles. The molecule has 136 valence electrons. The maximum Gasteiger partial charge on any atom is 0.119 e. The molecule has 0 saturated carbocycles. The first-order valence-corrected chi connectivity index (χ1v) is 9.48. The third-order valence-corrected chi connectivity index (χ3v) is 4.82. The highest BCUT2D eigenvalue weighted by atomic mass is 16.5. The van der Waals surface area contributed by atoms with Crippen molar-refractivity contribution < 1.29 is 4.74 Å². The van der Waals surface area contributed by atoms with Crippen molar-refractivity contribution in [1.29, 1.82) is 0 Å². The van der Waals surface area contributed by atoms with Gasteiger partial charge in [0.15, 0.2) is 0 Å². The fourth-order valence-electron chi connectivity index (χ4n) is 3.35. The van der Waals surface area contributed by atoms with Crippen molar-refractivity contribution in [1.82, 2.24) is 0 Å². The van der Waals surface area contributed by atoms with E-state index in [0.717, 1.165) is 23.3 Å². The minimum absolute atomic E-state index is 0.712. The molecule has 0 amide bonds. The molecule has 28 heavy (non-hydrogen) atoms. The van der Waals surface area contributed by atoms with E-state index in [9.17, 15) is 0 Å². The number of hydrogen-bond acceptors (Lipinski definition) is 1. The smallest absolute Gasteiger partial charge is 0.119 e. The van der Waals surface area contributed by atoms with Crippen molar-refractivity contribution in [3.8, 4) is 17.6 Å². The summed E-state index contributed by atoms with van der Waals surface area (Å²) in [5.74, 6) is 7.46. The zero-order valence-corrected chi connectivity index (χ0v) is 16.0. The van der Waals surface area contributed by atoms with Crippen LogP contribution in [-0.4, -0.2) is 7.11 Å². The quantitative estimate of drug-likeness (QED) is 0.403. The standard InChI is InChI=1S/C27H22O/c1-28-27-12-6-11-22(20-27)9-5-10-23-13-15-25-16-14-24(19-26(25)18-23)17-21-7-3-2-4-8-21/h2-4,6-8,11-16,18-20H,9,17H2,1H3. The number of fused-ring (bicyclic) bond motifs is 1. The Kier molecular flexibility index (Phi) is 5.41. The topological polar surface area (TPSA) is 9.23 Å². The summed E-state index contributed by atoms with van der Waals surface area (Å²) in [6.45, 7) is 0. The summed E-state index contributed by atoms with van der Waals surface area (Å²) in [4.78, 5) is 0. The summed E-state index contributed by atoms with van der Waals surface area (Å²) in [5, 5.41) is 2.48. The van der Waals surface area contributed by atoms with E-state index in [1.54, 1.807) is 7.11 Å². The highest BCUT2D eigenvalue weighted by Gasteiger charge is 2.00. The summed E-state index contributed by atoms with van der Waals surface area (Å²) in [6.07, 6.45) is 1.66. The predicted molar refractivity (Wildman–Crippen MR) is 117 cm³/mol. The molecule has 0 heterocycles. The Morgan fingerprint density at radius 1 is 0.679 bits per heavy atom. The van der Waals surface area contributed by atoms with Gasteiger partial charge in [0.25, 0.3) is 0 Å². The SMILES string of the molecule is COc1cccc(CC#Cc2ccc3ccc(Cc4ccccc4)cc3c2)c1. The molecule has 0 saturated heterocycles. The molecule has 1 heteroatoms. The van der Waals surface area contributed by atoms with Gasteiger partial charge in [0, 0.05) is 12.0 Å². The van der Waals surface area contributed by atoms with Crippen LogP contribution in [0.3, 0.4) is 0 Å². The highest BCUT2D eigenvalue weighted by molar-refractivity contribution is 5.84. The van der Waals surface area contributed by atoms with Gasteiger partial charge in [-0.25, -0.2) is 0 Å². The van der Waals surface area contributed by atoms with E-state index in [0.29, 0.717) is 6.42 Å². The van der Waals surface area contributed by atoms with Crippen LogP contribution in [0.15, 0.2) is 91.0 Å². The zero-order valence-electron chi connectivity index (χ0n) is 16.0. The number of benzene rings is 4. The van der Waals surface area contributed by atoms with Crippen molar-refractivity contribution in [3.63, 3.8) is 0 Å². The van der Waals surface area contributed by atoms with Gasteiger partial charge in [0.1, 0.15) is 5.75 Å². The van der Waals surface area contributed by atoms with Crippen LogP contribution in [0.5, 0.6) is 5.75 Å². The van der Waals surface area contributed by atoms with Gasteiger partial charge >= 0.3 is 0 Å². The normalized spacial score (nSPS) is 10.3. The molecule has 0 radical (unpaired) electrons. The summed E-state index contributed by atoms with van der Waals surface area (Å²) in [5.41, 5.74) is 4.86. The lowest BCUT2D eigenvalue weighted by molar-refractivity contribution is 0.414. The highest BCUT2D eigenvalue weighted by Crippen LogP contribution is 2.20. The van der Waals surface area contributed by atoms with Crippen molar-refractivity contribution in [3.05, 3.63) is 113 Å². The average Bonchev–Trinajstić information content (AvgIpc) is 2.74. The van der Waals surface area contributed by atoms with Gasteiger partial charge in [0.2, 0.25) is 0 Å². The van der Waals surface area contributed by atoms with E-state index in [4.69, 9.17) is 4.74 Å². The van der Waals surface area contributed by atoms with Crippen LogP contribution < -0.4 is 4.74 Å². The van der Waals surface area contributed by atoms with E-state index in [1.807, 2.05) is 18.2 Å². The molecule has 0 aliphatic carbocycles. The molecule has 0 spiro atoms.